The third-order valence-electron chi connectivity index (χ3n) is 5.18. The summed E-state index contributed by atoms with van der Waals surface area (Å²) in [7, 11) is 0. The fraction of sp³-hybridized carbons (Fsp3) is 0.526. The Balaban J connectivity index is 1.53. The van der Waals surface area contributed by atoms with Crippen molar-refractivity contribution >= 4 is 11.6 Å². The summed E-state index contributed by atoms with van der Waals surface area (Å²) in [5.41, 5.74) is 2.27. The van der Waals surface area contributed by atoms with Crippen molar-refractivity contribution < 1.29 is 9.32 Å². The van der Waals surface area contributed by atoms with Crippen LogP contribution in [0.1, 0.15) is 67.2 Å². The lowest BCUT2D eigenvalue weighted by Crippen LogP contribution is -2.38. The molecule has 0 aromatic carbocycles. The summed E-state index contributed by atoms with van der Waals surface area (Å²) < 4.78 is 6.88. The van der Waals surface area contributed by atoms with E-state index < -0.39 is 0 Å². The molecule has 0 atom stereocenters. The summed E-state index contributed by atoms with van der Waals surface area (Å²) >= 11 is 0. The van der Waals surface area contributed by atoms with Gasteiger partial charge in [0.05, 0.1) is 11.9 Å². The lowest BCUT2D eigenvalue weighted by Gasteiger charge is -2.31. The Morgan fingerprint density at radius 1 is 1.19 bits per heavy atom. The van der Waals surface area contributed by atoms with Gasteiger partial charge in [-0.15, -0.1) is 10.2 Å². The molecule has 8 nitrogen and oxygen atoms in total. The van der Waals surface area contributed by atoms with Crippen molar-refractivity contribution in [2.75, 3.05) is 13.1 Å². The maximum absolute atomic E-state index is 12.6. The summed E-state index contributed by atoms with van der Waals surface area (Å²) in [6.07, 6.45) is 3.16. The minimum Gasteiger partial charge on any atom is -0.361 e. The molecule has 0 saturated carbocycles. The maximum atomic E-state index is 12.6. The maximum Gasteiger partial charge on any atom is 0.259 e. The van der Waals surface area contributed by atoms with Gasteiger partial charge in [-0.1, -0.05) is 25.9 Å². The van der Waals surface area contributed by atoms with Crippen LogP contribution in [0, 0.1) is 6.92 Å². The topological polar surface area (TPSA) is 89.4 Å². The molecule has 3 aromatic rings. The first kappa shape index (κ1) is 17.6. The van der Waals surface area contributed by atoms with Crippen LogP contribution in [-0.4, -0.2) is 48.9 Å². The highest BCUT2D eigenvalue weighted by Crippen LogP contribution is 2.28. The molecule has 8 heteroatoms. The number of aromatic nitrogens is 5. The quantitative estimate of drug-likeness (QED) is 0.691. The van der Waals surface area contributed by atoms with E-state index in [0.717, 1.165) is 30.0 Å². The number of aryl methyl sites for hydroxylation is 1. The molecule has 0 bridgehead atoms. The predicted molar refractivity (Wildman–Crippen MR) is 98.6 cm³/mol. The molecule has 1 saturated heterocycles. The third kappa shape index (κ3) is 3.20. The zero-order valence-corrected chi connectivity index (χ0v) is 16.1. The van der Waals surface area contributed by atoms with Crippen LogP contribution < -0.4 is 0 Å². The van der Waals surface area contributed by atoms with E-state index in [-0.39, 0.29) is 17.2 Å². The Morgan fingerprint density at radius 2 is 1.93 bits per heavy atom. The van der Waals surface area contributed by atoms with Gasteiger partial charge in [0.25, 0.3) is 5.91 Å². The molecule has 1 aliphatic rings. The van der Waals surface area contributed by atoms with Gasteiger partial charge in [-0.05, 0) is 31.9 Å². The minimum absolute atomic E-state index is 0.0218. The van der Waals surface area contributed by atoms with Crippen LogP contribution in [0.4, 0.5) is 0 Å². The van der Waals surface area contributed by atoms with Crippen molar-refractivity contribution in [2.45, 2.75) is 51.9 Å². The average Bonchev–Trinajstić information content (AvgIpc) is 3.26. The summed E-state index contributed by atoms with van der Waals surface area (Å²) in [5.74, 6) is 1.65. The summed E-state index contributed by atoms with van der Waals surface area (Å²) in [6, 6.07) is 3.98. The van der Waals surface area contributed by atoms with Gasteiger partial charge < -0.3 is 9.42 Å². The molecule has 27 heavy (non-hydrogen) atoms. The average molecular weight is 368 g/mol. The molecule has 3 aromatic heterocycles. The number of piperidine rings is 1. The number of nitrogens with zero attached hydrogens (tertiary/aromatic N) is 6. The standard InChI is InChI=1S/C19H24N6O2/c1-12-14(11-20-27-12)18(26)24-9-7-13(8-10-24)17-22-21-16-6-5-15(19(2,3)4)23-25(16)17/h5-6,11,13H,7-10H2,1-4H3. The van der Waals surface area contributed by atoms with Crippen molar-refractivity contribution in [1.29, 1.82) is 0 Å². The van der Waals surface area contributed by atoms with Crippen LogP contribution in [-0.2, 0) is 5.41 Å². The molecular formula is C19H24N6O2. The normalized spacial score (nSPS) is 16.2. The van der Waals surface area contributed by atoms with Crippen LogP contribution in [0.3, 0.4) is 0 Å². The first-order valence-corrected chi connectivity index (χ1v) is 9.28. The summed E-state index contributed by atoms with van der Waals surface area (Å²) in [6.45, 7) is 9.52. The number of hydrogen-bond donors (Lipinski definition) is 0. The van der Waals surface area contributed by atoms with Gasteiger partial charge in [0.15, 0.2) is 11.5 Å². The highest BCUT2D eigenvalue weighted by Gasteiger charge is 2.29. The first-order valence-electron chi connectivity index (χ1n) is 9.28. The predicted octanol–water partition coefficient (Wildman–Crippen LogP) is 2.74. The molecule has 4 heterocycles. The van der Waals surface area contributed by atoms with Crippen LogP contribution in [0.25, 0.3) is 5.65 Å². The zero-order valence-electron chi connectivity index (χ0n) is 16.1. The fourth-order valence-electron chi connectivity index (χ4n) is 3.48. The minimum atomic E-state index is -0.0397. The largest absolute Gasteiger partial charge is 0.361 e. The van der Waals surface area contributed by atoms with Crippen LogP contribution in [0.2, 0.25) is 0 Å². The van der Waals surface area contributed by atoms with Gasteiger partial charge in [-0.3, -0.25) is 4.79 Å². The molecule has 0 N–H and O–H groups in total. The smallest absolute Gasteiger partial charge is 0.259 e. The number of hydrogen-bond acceptors (Lipinski definition) is 6. The highest BCUT2D eigenvalue weighted by molar-refractivity contribution is 5.94. The number of fused-ring (bicyclic) bond motifs is 1. The SMILES string of the molecule is Cc1oncc1C(=O)N1CCC(c2nnc3ccc(C(C)(C)C)nn23)CC1. The number of carbonyl (C=O) groups is 1. The zero-order chi connectivity index (χ0) is 19.2. The Hall–Kier alpha value is -2.77. The molecule has 142 valence electrons. The van der Waals surface area contributed by atoms with Gasteiger partial charge in [-0.2, -0.15) is 9.61 Å². The lowest BCUT2D eigenvalue weighted by atomic mass is 9.92. The highest BCUT2D eigenvalue weighted by atomic mass is 16.5. The van der Waals surface area contributed by atoms with Crippen molar-refractivity contribution in [3.8, 4) is 0 Å². The van der Waals surface area contributed by atoms with Crippen LogP contribution >= 0.6 is 0 Å². The molecule has 1 amide bonds. The lowest BCUT2D eigenvalue weighted by molar-refractivity contribution is 0.0709. The van der Waals surface area contributed by atoms with E-state index in [1.807, 2.05) is 21.5 Å². The molecular weight excluding hydrogens is 344 g/mol. The Bertz CT molecular complexity index is 976. The van der Waals surface area contributed by atoms with Crippen LogP contribution in [0.5, 0.6) is 0 Å². The molecule has 0 unspecified atom stereocenters. The van der Waals surface area contributed by atoms with E-state index >= 15 is 0 Å². The van der Waals surface area contributed by atoms with Crippen molar-refractivity contribution in [3.63, 3.8) is 0 Å². The molecule has 0 aliphatic carbocycles. The van der Waals surface area contributed by atoms with Gasteiger partial charge in [-0.25, -0.2) is 0 Å². The van der Waals surface area contributed by atoms with E-state index in [1.54, 1.807) is 6.92 Å². The second-order valence-corrected chi connectivity index (χ2v) is 8.16. The number of carbonyl (C=O) groups excluding carboxylic acids is 1. The summed E-state index contributed by atoms with van der Waals surface area (Å²) in [5, 5.41) is 17.2. The number of likely N-dealkylation sites (tertiary alicyclic amines) is 1. The fourth-order valence-corrected chi connectivity index (χ4v) is 3.48. The third-order valence-corrected chi connectivity index (χ3v) is 5.18. The Morgan fingerprint density at radius 3 is 2.56 bits per heavy atom. The van der Waals surface area contributed by atoms with E-state index in [0.29, 0.717) is 24.4 Å². The van der Waals surface area contributed by atoms with E-state index in [4.69, 9.17) is 9.62 Å². The molecule has 4 rings (SSSR count). The second-order valence-electron chi connectivity index (χ2n) is 8.16. The van der Waals surface area contributed by atoms with Gasteiger partial charge in [0, 0.05) is 24.4 Å². The number of amides is 1. The van der Waals surface area contributed by atoms with Gasteiger partial charge in [0.1, 0.15) is 11.3 Å². The van der Waals surface area contributed by atoms with Gasteiger partial charge >= 0.3 is 0 Å². The Kier molecular flexibility index (Phi) is 4.20. The monoisotopic (exact) mass is 368 g/mol. The molecule has 0 radical (unpaired) electrons. The molecule has 0 spiro atoms. The summed E-state index contributed by atoms with van der Waals surface area (Å²) in [4.78, 5) is 14.5. The van der Waals surface area contributed by atoms with Crippen LogP contribution in [0.15, 0.2) is 22.9 Å². The molecule has 1 aliphatic heterocycles. The molecule has 1 fully saturated rings. The van der Waals surface area contributed by atoms with Crippen molar-refractivity contribution in [2.24, 2.45) is 0 Å². The van der Waals surface area contributed by atoms with Gasteiger partial charge in [0.2, 0.25) is 0 Å². The number of rotatable bonds is 2. The van der Waals surface area contributed by atoms with E-state index in [2.05, 4.69) is 36.1 Å². The van der Waals surface area contributed by atoms with E-state index in [9.17, 15) is 4.79 Å². The van der Waals surface area contributed by atoms with E-state index in [1.165, 1.54) is 6.20 Å². The van der Waals surface area contributed by atoms with Crippen molar-refractivity contribution in [3.05, 3.63) is 41.2 Å². The van der Waals surface area contributed by atoms with Crippen molar-refractivity contribution in [1.82, 2.24) is 29.9 Å². The first-order chi connectivity index (χ1) is 12.8. The Labute approximate surface area is 157 Å². The second kappa shape index (κ2) is 6.44.